The number of rotatable bonds is 12. The van der Waals surface area contributed by atoms with Gasteiger partial charge in [0.2, 0.25) is 0 Å². The molecule has 0 aliphatic rings. The summed E-state index contributed by atoms with van der Waals surface area (Å²) in [6.45, 7) is 17.7. The fourth-order valence-electron chi connectivity index (χ4n) is 2.42. The lowest BCUT2D eigenvalue weighted by Crippen LogP contribution is -2.10. The molecule has 6 nitrogen and oxygen atoms in total. The highest BCUT2D eigenvalue weighted by Crippen LogP contribution is 2.33. The van der Waals surface area contributed by atoms with Crippen LogP contribution in [0, 0.1) is 11.3 Å². The summed E-state index contributed by atoms with van der Waals surface area (Å²) in [5.74, 6) is 0.754. The van der Waals surface area contributed by atoms with E-state index >= 15 is 0 Å². The minimum atomic E-state index is 0.754. The number of nitrogens with zero attached hydrogens (tertiary/aromatic N) is 1. The van der Waals surface area contributed by atoms with Crippen LogP contribution in [-0.2, 0) is 17.6 Å². The van der Waals surface area contributed by atoms with Gasteiger partial charge in [-0.3, -0.25) is 0 Å². The molecule has 176 valence electrons. The average molecular weight is 458 g/mol. The second-order valence-electron chi connectivity index (χ2n) is 6.16. The van der Waals surface area contributed by atoms with Crippen LogP contribution >= 0.6 is 11.3 Å². The molecular formula is C25H39N5OS. The van der Waals surface area contributed by atoms with E-state index in [1.54, 1.807) is 30.7 Å². The van der Waals surface area contributed by atoms with E-state index in [-0.39, 0.29) is 0 Å². The van der Waals surface area contributed by atoms with Gasteiger partial charge in [-0.15, -0.1) is 17.9 Å². The van der Waals surface area contributed by atoms with Crippen LogP contribution in [0.1, 0.15) is 35.8 Å². The Morgan fingerprint density at radius 1 is 1.25 bits per heavy atom. The molecule has 0 aliphatic heterocycles. The molecule has 0 spiro atoms. The molecule has 0 saturated carbocycles. The maximum Gasteiger partial charge on any atom is 0.118 e. The van der Waals surface area contributed by atoms with Gasteiger partial charge in [-0.2, -0.15) is 5.26 Å². The summed E-state index contributed by atoms with van der Waals surface area (Å²) in [6, 6.07) is 2.29. The Kier molecular flexibility index (Phi) is 20.1. The van der Waals surface area contributed by atoms with E-state index in [4.69, 9.17) is 16.2 Å². The summed E-state index contributed by atoms with van der Waals surface area (Å²) in [7, 11) is 3.48. The van der Waals surface area contributed by atoms with Crippen molar-refractivity contribution in [1.29, 1.82) is 5.26 Å². The standard InChI is InChI=1S/C12H17N3S.C11H16O.C2H6N2/c1-4-11-9(6-7-15-5-2)10(8-13)12(14-3)16-11;1-5-7-8-10(3)9-11(6-2)12-4;3-1-2-4/h5,14-15H,2,4,6-7H2,1,3H3;5-6,9H,1-3,7-8H2,4H3;1-2H,3-4H2/b;11-9+;2-1-. The van der Waals surface area contributed by atoms with Gasteiger partial charge in [-0.05, 0) is 49.6 Å². The number of ether oxygens (including phenoxy) is 1. The first-order valence-electron chi connectivity index (χ1n) is 10.3. The molecule has 32 heavy (non-hydrogen) atoms. The van der Waals surface area contributed by atoms with Crippen LogP contribution in [0.2, 0.25) is 0 Å². The largest absolute Gasteiger partial charge is 0.497 e. The molecule has 0 unspecified atom stereocenters. The highest BCUT2D eigenvalue weighted by molar-refractivity contribution is 7.16. The molecule has 1 heterocycles. The van der Waals surface area contributed by atoms with Crippen molar-refractivity contribution in [2.75, 3.05) is 26.0 Å². The van der Waals surface area contributed by atoms with Crippen molar-refractivity contribution < 1.29 is 4.74 Å². The molecule has 0 radical (unpaired) electrons. The van der Waals surface area contributed by atoms with Crippen LogP contribution < -0.4 is 22.1 Å². The van der Waals surface area contributed by atoms with Gasteiger partial charge in [-0.25, -0.2) is 0 Å². The maximum atomic E-state index is 9.17. The average Bonchev–Trinajstić information content (AvgIpc) is 3.18. The normalized spacial score (nSPS) is 9.88. The number of thiophene rings is 1. The van der Waals surface area contributed by atoms with E-state index in [1.165, 1.54) is 22.8 Å². The van der Waals surface area contributed by atoms with Gasteiger partial charge in [0.1, 0.15) is 16.8 Å². The molecule has 0 bridgehead atoms. The lowest BCUT2D eigenvalue weighted by Gasteiger charge is -2.03. The maximum absolute atomic E-state index is 9.17. The fourth-order valence-corrected chi connectivity index (χ4v) is 3.51. The van der Waals surface area contributed by atoms with Crippen molar-refractivity contribution in [3.63, 3.8) is 0 Å². The number of nitrogens with two attached hydrogens (primary N) is 2. The van der Waals surface area contributed by atoms with E-state index in [1.807, 2.05) is 19.2 Å². The highest BCUT2D eigenvalue weighted by atomic mass is 32.1. The van der Waals surface area contributed by atoms with Gasteiger partial charge in [0.15, 0.2) is 0 Å². The molecule has 0 fully saturated rings. The van der Waals surface area contributed by atoms with E-state index in [0.717, 1.165) is 54.1 Å². The van der Waals surface area contributed by atoms with Gasteiger partial charge in [0, 0.05) is 30.9 Å². The van der Waals surface area contributed by atoms with Crippen molar-refractivity contribution in [3.8, 4) is 6.07 Å². The topological polar surface area (TPSA) is 109 Å². The first-order chi connectivity index (χ1) is 15.4. The van der Waals surface area contributed by atoms with Gasteiger partial charge >= 0.3 is 0 Å². The summed E-state index contributed by atoms with van der Waals surface area (Å²) in [5, 5.41) is 16.3. The summed E-state index contributed by atoms with van der Waals surface area (Å²) >= 11 is 1.68. The van der Waals surface area contributed by atoms with E-state index < -0.39 is 0 Å². The zero-order valence-electron chi connectivity index (χ0n) is 19.7. The Labute approximate surface area is 198 Å². The predicted molar refractivity (Wildman–Crippen MR) is 141 cm³/mol. The van der Waals surface area contributed by atoms with Crippen LogP contribution in [0.5, 0.6) is 0 Å². The number of nitriles is 1. The van der Waals surface area contributed by atoms with Crippen LogP contribution in [0.3, 0.4) is 0 Å². The molecule has 0 atom stereocenters. The second-order valence-corrected chi connectivity index (χ2v) is 7.26. The molecular weight excluding hydrogens is 418 g/mol. The van der Waals surface area contributed by atoms with Gasteiger partial charge < -0.3 is 26.8 Å². The van der Waals surface area contributed by atoms with Gasteiger partial charge in [-0.1, -0.05) is 38.3 Å². The van der Waals surface area contributed by atoms with E-state index in [0.29, 0.717) is 0 Å². The molecule has 1 rings (SSSR count). The van der Waals surface area contributed by atoms with Gasteiger partial charge in [0.25, 0.3) is 0 Å². The van der Waals surface area contributed by atoms with Crippen LogP contribution in [-0.4, -0.2) is 20.7 Å². The number of aryl methyl sites for hydroxylation is 1. The highest BCUT2D eigenvalue weighted by Gasteiger charge is 2.15. The van der Waals surface area contributed by atoms with Crippen molar-refractivity contribution >= 4 is 16.3 Å². The molecule has 6 N–H and O–H groups in total. The fraction of sp³-hybridized carbons (Fsp3) is 0.320. The third-order valence-electron chi connectivity index (χ3n) is 3.98. The molecule has 0 aromatic carbocycles. The minimum Gasteiger partial charge on any atom is -0.497 e. The van der Waals surface area contributed by atoms with Crippen molar-refractivity contribution in [2.45, 2.75) is 32.6 Å². The number of anilines is 1. The minimum absolute atomic E-state index is 0.754. The van der Waals surface area contributed by atoms with Crippen molar-refractivity contribution in [1.82, 2.24) is 5.32 Å². The number of hydrogen-bond acceptors (Lipinski definition) is 7. The van der Waals surface area contributed by atoms with Crippen LogP contribution in [0.25, 0.3) is 0 Å². The quantitative estimate of drug-likeness (QED) is 0.150. The Hall–Kier alpha value is -3.37. The summed E-state index contributed by atoms with van der Waals surface area (Å²) in [4.78, 5) is 1.30. The van der Waals surface area contributed by atoms with Crippen molar-refractivity contribution in [2.24, 2.45) is 11.5 Å². The number of methoxy groups -OCH3 is 1. The molecule has 0 amide bonds. The smallest absolute Gasteiger partial charge is 0.118 e. The Morgan fingerprint density at radius 2 is 1.91 bits per heavy atom. The number of nitrogens with one attached hydrogen (secondary N) is 2. The van der Waals surface area contributed by atoms with Gasteiger partial charge in [0.05, 0.1) is 12.7 Å². The first-order valence-corrected chi connectivity index (χ1v) is 11.1. The number of hydrogen-bond donors (Lipinski definition) is 4. The third kappa shape index (κ3) is 13.0. The lowest BCUT2D eigenvalue weighted by molar-refractivity contribution is 0.306. The Bertz CT molecular complexity index is 796. The Morgan fingerprint density at radius 3 is 2.31 bits per heavy atom. The zero-order valence-corrected chi connectivity index (χ0v) is 20.6. The lowest BCUT2D eigenvalue weighted by atomic mass is 10.1. The monoisotopic (exact) mass is 457 g/mol. The second kappa shape index (κ2) is 20.9. The van der Waals surface area contributed by atoms with E-state index in [9.17, 15) is 5.26 Å². The number of allylic oxidation sites excluding steroid dienone is 4. The third-order valence-corrected chi connectivity index (χ3v) is 5.37. The predicted octanol–water partition coefficient (Wildman–Crippen LogP) is 5.10. The first kappa shape index (κ1) is 30.8. The SMILES string of the molecule is C=CCCC(=C)/C=C(\C=C)OC.C=CNCCc1c(CC)sc(NC)c1C#N.N/C=C\N. The zero-order chi connectivity index (χ0) is 24.8. The summed E-state index contributed by atoms with van der Waals surface area (Å²) in [6.07, 6.45) is 13.4. The van der Waals surface area contributed by atoms with Crippen LogP contribution in [0.15, 0.2) is 74.5 Å². The molecule has 0 aliphatic carbocycles. The van der Waals surface area contributed by atoms with Crippen molar-refractivity contribution in [3.05, 3.63) is 90.5 Å². The molecule has 7 heteroatoms. The summed E-state index contributed by atoms with van der Waals surface area (Å²) < 4.78 is 5.01. The Balaban J connectivity index is 0. The summed E-state index contributed by atoms with van der Waals surface area (Å²) in [5.41, 5.74) is 12.5. The van der Waals surface area contributed by atoms with E-state index in [2.05, 4.69) is 49.9 Å². The molecule has 1 aromatic rings. The molecule has 0 saturated heterocycles. The van der Waals surface area contributed by atoms with Crippen LogP contribution in [0.4, 0.5) is 5.00 Å². The molecule has 1 aromatic heterocycles.